The molecule has 0 saturated heterocycles. The molecule has 1 amide bonds. The molecular formula is C21H25BrN2O. The monoisotopic (exact) mass is 400 g/mol. The molecule has 0 bridgehead atoms. The highest BCUT2D eigenvalue weighted by molar-refractivity contribution is 9.10. The van der Waals surface area contributed by atoms with Crippen LogP contribution in [-0.4, -0.2) is 31.4 Å². The lowest BCUT2D eigenvalue weighted by molar-refractivity contribution is -0.124. The molecule has 1 N–H and O–H groups in total. The molecule has 3 nitrogen and oxygen atoms in total. The minimum absolute atomic E-state index is 0.155. The van der Waals surface area contributed by atoms with Gasteiger partial charge in [-0.25, -0.2) is 0 Å². The maximum atomic E-state index is 11.4. The minimum atomic E-state index is 0.155. The zero-order chi connectivity index (χ0) is 17.8. The maximum absolute atomic E-state index is 11.4. The normalized spacial score (nSPS) is 16.4. The standard InChI is InChI=1S/C11H13NO.C10H12BrN/c1-12-11(13)10-6-8-4-2-3-5-9(8)7-10;1-12-5-4-8-6-10(11)3-2-9(8)7-12/h2-5,10H,6-7H2,1H3,(H,12,13);2-3,6H,4-5,7H2,1H3. The van der Waals surface area contributed by atoms with E-state index in [4.69, 9.17) is 0 Å². The topological polar surface area (TPSA) is 32.3 Å². The summed E-state index contributed by atoms with van der Waals surface area (Å²) in [6, 6.07) is 14.9. The molecule has 1 heterocycles. The van der Waals surface area contributed by atoms with E-state index >= 15 is 0 Å². The van der Waals surface area contributed by atoms with E-state index in [1.807, 2.05) is 12.1 Å². The van der Waals surface area contributed by atoms with Crippen LogP contribution in [0.3, 0.4) is 0 Å². The summed E-state index contributed by atoms with van der Waals surface area (Å²) >= 11 is 3.49. The number of likely N-dealkylation sites (N-methyl/N-ethyl adjacent to an activating group) is 1. The van der Waals surface area contributed by atoms with E-state index in [-0.39, 0.29) is 11.8 Å². The molecule has 2 aliphatic rings. The predicted molar refractivity (Wildman–Crippen MR) is 106 cm³/mol. The molecule has 0 atom stereocenters. The zero-order valence-corrected chi connectivity index (χ0v) is 16.5. The maximum Gasteiger partial charge on any atom is 0.223 e. The molecule has 2 aromatic rings. The molecule has 0 spiro atoms. The van der Waals surface area contributed by atoms with Gasteiger partial charge in [0.2, 0.25) is 5.91 Å². The molecule has 132 valence electrons. The number of hydrogen-bond acceptors (Lipinski definition) is 2. The lowest BCUT2D eigenvalue weighted by Crippen LogP contribution is -2.27. The third-order valence-electron chi connectivity index (χ3n) is 5.04. The average Bonchev–Trinajstić information content (AvgIpc) is 3.06. The zero-order valence-electron chi connectivity index (χ0n) is 14.9. The molecule has 0 aromatic heterocycles. The number of hydrogen-bond donors (Lipinski definition) is 1. The summed E-state index contributed by atoms with van der Waals surface area (Å²) in [5, 5.41) is 2.70. The van der Waals surface area contributed by atoms with E-state index in [9.17, 15) is 4.79 Å². The second-order valence-corrected chi connectivity index (χ2v) is 7.80. The van der Waals surface area contributed by atoms with E-state index < -0.39 is 0 Å². The fraction of sp³-hybridized carbons (Fsp3) is 0.381. The van der Waals surface area contributed by atoms with Crippen LogP contribution in [0.2, 0.25) is 0 Å². The Hall–Kier alpha value is -1.65. The molecule has 0 fully saturated rings. The molecule has 4 heteroatoms. The summed E-state index contributed by atoms with van der Waals surface area (Å²) in [5.41, 5.74) is 5.64. The Morgan fingerprint density at radius 2 is 1.76 bits per heavy atom. The van der Waals surface area contributed by atoms with Crippen LogP contribution in [0, 0.1) is 5.92 Å². The van der Waals surface area contributed by atoms with Crippen molar-refractivity contribution in [2.75, 3.05) is 20.6 Å². The number of carbonyl (C=O) groups is 1. The van der Waals surface area contributed by atoms with Gasteiger partial charge in [0.15, 0.2) is 0 Å². The van der Waals surface area contributed by atoms with Crippen LogP contribution in [-0.2, 0) is 30.6 Å². The summed E-state index contributed by atoms with van der Waals surface area (Å²) in [6.07, 6.45) is 2.98. The SMILES string of the molecule is CN1CCc2cc(Br)ccc2C1.CNC(=O)C1Cc2ccccc2C1. The van der Waals surface area contributed by atoms with Crippen molar-refractivity contribution < 1.29 is 4.79 Å². The molecule has 25 heavy (non-hydrogen) atoms. The third kappa shape index (κ3) is 4.50. The first kappa shape index (κ1) is 18.2. The lowest BCUT2D eigenvalue weighted by atomic mass is 10.0. The highest BCUT2D eigenvalue weighted by Crippen LogP contribution is 2.26. The number of benzene rings is 2. The van der Waals surface area contributed by atoms with E-state index in [1.165, 1.54) is 39.7 Å². The Morgan fingerprint density at radius 3 is 2.40 bits per heavy atom. The van der Waals surface area contributed by atoms with Crippen LogP contribution in [0.1, 0.15) is 22.3 Å². The fourth-order valence-corrected chi connectivity index (χ4v) is 4.02. The van der Waals surface area contributed by atoms with Crippen molar-refractivity contribution in [1.29, 1.82) is 0 Å². The summed E-state index contributed by atoms with van der Waals surface area (Å²) in [7, 11) is 3.87. The summed E-state index contributed by atoms with van der Waals surface area (Å²) in [6.45, 7) is 2.28. The van der Waals surface area contributed by atoms with E-state index in [2.05, 4.69) is 63.5 Å². The van der Waals surface area contributed by atoms with Gasteiger partial charge in [-0.2, -0.15) is 0 Å². The van der Waals surface area contributed by atoms with Gasteiger partial charge in [-0.05, 0) is 60.7 Å². The number of nitrogens with one attached hydrogen (secondary N) is 1. The number of carbonyl (C=O) groups excluding carboxylic acids is 1. The second-order valence-electron chi connectivity index (χ2n) is 6.89. The van der Waals surface area contributed by atoms with Crippen molar-refractivity contribution in [2.24, 2.45) is 5.92 Å². The van der Waals surface area contributed by atoms with Crippen molar-refractivity contribution in [3.8, 4) is 0 Å². The van der Waals surface area contributed by atoms with Gasteiger partial charge in [0.05, 0.1) is 0 Å². The smallest absolute Gasteiger partial charge is 0.223 e. The van der Waals surface area contributed by atoms with Gasteiger partial charge in [0.25, 0.3) is 0 Å². The van der Waals surface area contributed by atoms with Crippen LogP contribution in [0.15, 0.2) is 46.9 Å². The molecule has 4 rings (SSSR count). The van der Waals surface area contributed by atoms with Crippen molar-refractivity contribution in [1.82, 2.24) is 10.2 Å². The lowest BCUT2D eigenvalue weighted by Gasteiger charge is -2.24. The predicted octanol–water partition coefficient (Wildman–Crippen LogP) is 3.58. The molecule has 0 unspecified atom stereocenters. The molecular weight excluding hydrogens is 376 g/mol. The minimum Gasteiger partial charge on any atom is -0.359 e. The van der Waals surface area contributed by atoms with Crippen LogP contribution in [0.25, 0.3) is 0 Å². The summed E-state index contributed by atoms with van der Waals surface area (Å²) in [4.78, 5) is 13.7. The number of halogens is 1. The Morgan fingerprint density at radius 1 is 1.08 bits per heavy atom. The molecule has 0 radical (unpaired) electrons. The highest BCUT2D eigenvalue weighted by atomic mass is 79.9. The van der Waals surface area contributed by atoms with Crippen molar-refractivity contribution >= 4 is 21.8 Å². The molecule has 1 aliphatic heterocycles. The quantitative estimate of drug-likeness (QED) is 0.792. The van der Waals surface area contributed by atoms with E-state index in [0.717, 1.165) is 19.4 Å². The molecule has 2 aromatic carbocycles. The first-order chi connectivity index (χ1) is 12.1. The van der Waals surface area contributed by atoms with Gasteiger partial charge in [-0.15, -0.1) is 0 Å². The first-order valence-electron chi connectivity index (χ1n) is 8.81. The van der Waals surface area contributed by atoms with Gasteiger partial charge in [0, 0.05) is 30.5 Å². The van der Waals surface area contributed by atoms with Crippen LogP contribution < -0.4 is 5.32 Å². The fourth-order valence-electron chi connectivity index (χ4n) is 3.61. The van der Waals surface area contributed by atoms with Gasteiger partial charge < -0.3 is 10.2 Å². The van der Waals surface area contributed by atoms with Gasteiger partial charge in [-0.1, -0.05) is 46.3 Å². The average molecular weight is 401 g/mol. The Bertz CT molecular complexity index is 734. The van der Waals surface area contributed by atoms with Crippen molar-refractivity contribution in [3.05, 3.63) is 69.2 Å². The molecule has 0 saturated carbocycles. The first-order valence-corrected chi connectivity index (χ1v) is 9.60. The van der Waals surface area contributed by atoms with Crippen LogP contribution in [0.5, 0.6) is 0 Å². The highest BCUT2D eigenvalue weighted by Gasteiger charge is 2.25. The van der Waals surface area contributed by atoms with Crippen LogP contribution in [0.4, 0.5) is 0 Å². The van der Waals surface area contributed by atoms with E-state index in [1.54, 1.807) is 7.05 Å². The third-order valence-corrected chi connectivity index (χ3v) is 5.53. The van der Waals surface area contributed by atoms with Gasteiger partial charge >= 0.3 is 0 Å². The second kappa shape index (κ2) is 8.15. The van der Waals surface area contributed by atoms with Crippen LogP contribution >= 0.6 is 15.9 Å². The Labute approximate surface area is 158 Å². The molecule has 1 aliphatic carbocycles. The number of nitrogens with zero attached hydrogens (tertiary/aromatic N) is 1. The summed E-state index contributed by atoms with van der Waals surface area (Å²) in [5.74, 6) is 0.318. The Balaban J connectivity index is 0.000000146. The Kier molecular flexibility index (Phi) is 5.92. The van der Waals surface area contributed by atoms with Crippen molar-refractivity contribution in [2.45, 2.75) is 25.8 Å². The number of rotatable bonds is 1. The largest absolute Gasteiger partial charge is 0.359 e. The number of amides is 1. The van der Waals surface area contributed by atoms with Gasteiger partial charge in [0.1, 0.15) is 0 Å². The number of fused-ring (bicyclic) bond motifs is 2. The van der Waals surface area contributed by atoms with Crippen molar-refractivity contribution in [3.63, 3.8) is 0 Å². The van der Waals surface area contributed by atoms with Gasteiger partial charge in [-0.3, -0.25) is 4.79 Å². The van der Waals surface area contributed by atoms with E-state index in [0.29, 0.717) is 0 Å². The summed E-state index contributed by atoms with van der Waals surface area (Å²) < 4.78 is 1.20.